The van der Waals surface area contributed by atoms with Crippen molar-refractivity contribution in [3.8, 4) is 17.6 Å². The SMILES string of the molecule is CC[NH+]1C=C(Cc2ccc(OC)cc2)C2=C(C1)C(c1ccc(OC)cc1)C(C#N)=C(N)O2. The average Bonchev–Trinajstić information content (AvgIpc) is 2.84. The largest absolute Gasteiger partial charge is 0.497 e. The predicted molar refractivity (Wildman–Crippen MR) is 122 cm³/mol. The summed E-state index contributed by atoms with van der Waals surface area (Å²) in [4.78, 5) is 1.31. The van der Waals surface area contributed by atoms with Crippen LogP contribution < -0.4 is 20.1 Å². The maximum absolute atomic E-state index is 9.91. The summed E-state index contributed by atoms with van der Waals surface area (Å²) in [6, 6.07) is 18.2. The van der Waals surface area contributed by atoms with E-state index < -0.39 is 0 Å². The van der Waals surface area contributed by atoms with Gasteiger partial charge in [0.2, 0.25) is 5.88 Å². The normalized spacial score (nSPS) is 20.1. The summed E-state index contributed by atoms with van der Waals surface area (Å²) >= 11 is 0. The first-order chi connectivity index (χ1) is 15.6. The second-order valence-electron chi connectivity index (χ2n) is 7.94. The fourth-order valence-electron chi connectivity index (χ4n) is 4.35. The van der Waals surface area contributed by atoms with Crippen LogP contribution in [-0.2, 0) is 11.2 Å². The highest BCUT2D eigenvalue weighted by molar-refractivity contribution is 5.54. The number of allylic oxidation sites excluding steroid dienone is 2. The van der Waals surface area contributed by atoms with E-state index in [0.717, 1.165) is 52.6 Å². The molecule has 0 bridgehead atoms. The Labute approximate surface area is 188 Å². The number of rotatable bonds is 6. The van der Waals surface area contributed by atoms with Crippen LogP contribution in [0.4, 0.5) is 0 Å². The molecule has 0 amide bonds. The Morgan fingerprint density at radius 2 is 1.69 bits per heavy atom. The maximum atomic E-state index is 9.91. The van der Waals surface area contributed by atoms with Gasteiger partial charge in [0, 0.05) is 12.0 Å². The van der Waals surface area contributed by atoms with E-state index in [1.54, 1.807) is 14.2 Å². The van der Waals surface area contributed by atoms with Gasteiger partial charge in [0.1, 0.15) is 41.6 Å². The van der Waals surface area contributed by atoms with Gasteiger partial charge in [0.15, 0.2) is 0 Å². The fourth-order valence-corrected chi connectivity index (χ4v) is 4.35. The van der Waals surface area contributed by atoms with Crippen molar-refractivity contribution >= 4 is 0 Å². The molecule has 0 aliphatic carbocycles. The summed E-state index contributed by atoms with van der Waals surface area (Å²) in [5, 5.41) is 9.91. The molecule has 32 heavy (non-hydrogen) atoms. The molecule has 0 saturated heterocycles. The number of likely N-dealkylation sites (N-methyl/N-ethyl adjacent to an activating group) is 1. The monoisotopic (exact) mass is 430 g/mol. The van der Waals surface area contributed by atoms with Crippen LogP contribution in [0.3, 0.4) is 0 Å². The summed E-state index contributed by atoms with van der Waals surface area (Å²) in [6.45, 7) is 3.84. The standard InChI is InChI=1S/C26H27N3O3/c1-4-29-15-19(13-17-5-9-20(30-2)10-6-17)25-23(16-29)24(22(14-27)26(28)32-25)18-7-11-21(31-3)12-8-18/h5-12,15,24H,4,13,16,28H2,1-3H3/p+1. The summed E-state index contributed by atoms with van der Waals surface area (Å²) in [6.07, 6.45) is 2.93. The first kappa shape index (κ1) is 21.5. The van der Waals surface area contributed by atoms with Gasteiger partial charge >= 0.3 is 0 Å². The first-order valence-corrected chi connectivity index (χ1v) is 10.7. The van der Waals surface area contributed by atoms with E-state index in [9.17, 15) is 5.26 Å². The van der Waals surface area contributed by atoms with Gasteiger partial charge in [-0.1, -0.05) is 24.3 Å². The molecule has 2 aromatic rings. The third-order valence-electron chi connectivity index (χ3n) is 6.07. The first-order valence-electron chi connectivity index (χ1n) is 10.7. The average molecular weight is 431 g/mol. The number of methoxy groups -OCH3 is 2. The molecule has 2 unspecified atom stereocenters. The van der Waals surface area contributed by atoms with Gasteiger partial charge in [-0.05, 0) is 42.3 Å². The minimum Gasteiger partial charge on any atom is -0.497 e. The van der Waals surface area contributed by atoms with Gasteiger partial charge in [0.05, 0.1) is 32.3 Å². The van der Waals surface area contributed by atoms with Crippen molar-refractivity contribution in [2.75, 3.05) is 27.3 Å². The highest BCUT2D eigenvalue weighted by atomic mass is 16.5. The summed E-state index contributed by atoms with van der Waals surface area (Å²) in [5.41, 5.74) is 11.0. The lowest BCUT2D eigenvalue weighted by Gasteiger charge is -2.34. The van der Waals surface area contributed by atoms with Gasteiger partial charge in [0.25, 0.3) is 0 Å². The zero-order valence-electron chi connectivity index (χ0n) is 18.6. The van der Waals surface area contributed by atoms with Crippen LogP contribution in [0.15, 0.2) is 83.1 Å². The lowest BCUT2D eigenvalue weighted by molar-refractivity contribution is -0.841. The molecule has 0 radical (unpaired) electrons. The minimum absolute atomic E-state index is 0.174. The van der Waals surface area contributed by atoms with Crippen LogP contribution in [0.5, 0.6) is 11.5 Å². The van der Waals surface area contributed by atoms with E-state index in [1.807, 2.05) is 36.4 Å². The molecule has 6 heteroatoms. The Morgan fingerprint density at radius 1 is 1.06 bits per heavy atom. The number of nitriles is 1. The molecule has 2 atom stereocenters. The van der Waals surface area contributed by atoms with Crippen LogP contribution in [0.2, 0.25) is 0 Å². The number of nitrogens with one attached hydrogen (secondary N) is 1. The lowest BCUT2D eigenvalue weighted by Crippen LogP contribution is -3.08. The Balaban J connectivity index is 1.77. The zero-order valence-corrected chi connectivity index (χ0v) is 18.6. The molecule has 4 rings (SSSR count). The molecule has 6 nitrogen and oxygen atoms in total. The third kappa shape index (κ3) is 4.08. The molecule has 2 heterocycles. The molecule has 164 valence electrons. The number of quaternary nitrogens is 1. The topological polar surface area (TPSA) is 81.9 Å². The molecule has 3 N–H and O–H groups in total. The van der Waals surface area contributed by atoms with E-state index in [-0.39, 0.29) is 11.8 Å². The van der Waals surface area contributed by atoms with E-state index in [2.05, 4.69) is 31.3 Å². The summed E-state index contributed by atoms with van der Waals surface area (Å²) in [5.74, 6) is 2.32. The predicted octanol–water partition coefficient (Wildman–Crippen LogP) is 2.81. The van der Waals surface area contributed by atoms with Crippen molar-refractivity contribution in [2.24, 2.45) is 5.73 Å². The van der Waals surface area contributed by atoms with Gasteiger partial charge in [-0.15, -0.1) is 0 Å². The number of nitrogens with two attached hydrogens (primary N) is 1. The van der Waals surface area contributed by atoms with E-state index in [4.69, 9.17) is 19.9 Å². The van der Waals surface area contributed by atoms with E-state index in [0.29, 0.717) is 12.0 Å². The van der Waals surface area contributed by atoms with Gasteiger partial charge in [-0.25, -0.2) is 0 Å². The zero-order chi connectivity index (χ0) is 22.7. The third-order valence-corrected chi connectivity index (χ3v) is 6.07. The highest BCUT2D eigenvalue weighted by Gasteiger charge is 2.38. The molecular weight excluding hydrogens is 402 g/mol. The number of ether oxygens (including phenoxy) is 3. The molecule has 2 aromatic carbocycles. The van der Waals surface area contributed by atoms with Crippen LogP contribution in [0.1, 0.15) is 24.0 Å². The summed E-state index contributed by atoms with van der Waals surface area (Å²) in [7, 11) is 3.30. The molecule has 0 spiro atoms. The molecule has 2 aliphatic heterocycles. The summed E-state index contributed by atoms with van der Waals surface area (Å²) < 4.78 is 16.7. The van der Waals surface area contributed by atoms with Crippen molar-refractivity contribution in [1.29, 1.82) is 5.26 Å². The molecule has 0 fully saturated rings. The van der Waals surface area contributed by atoms with E-state index >= 15 is 0 Å². The number of benzene rings is 2. The Kier molecular flexibility index (Phi) is 6.20. The smallest absolute Gasteiger partial charge is 0.205 e. The second kappa shape index (κ2) is 9.21. The Morgan fingerprint density at radius 3 is 2.25 bits per heavy atom. The van der Waals surface area contributed by atoms with Gasteiger partial charge in [-0.3, -0.25) is 0 Å². The minimum atomic E-state index is -0.240. The molecule has 0 saturated carbocycles. The quantitative estimate of drug-likeness (QED) is 0.737. The number of hydrogen-bond donors (Lipinski definition) is 2. The van der Waals surface area contributed by atoms with Gasteiger partial charge in [-0.2, -0.15) is 5.26 Å². The second-order valence-corrected chi connectivity index (χ2v) is 7.94. The van der Waals surface area contributed by atoms with Crippen molar-refractivity contribution in [3.63, 3.8) is 0 Å². The van der Waals surface area contributed by atoms with Crippen LogP contribution in [0.25, 0.3) is 0 Å². The number of nitrogens with zero attached hydrogens (tertiary/aromatic N) is 1. The molecule has 0 aromatic heterocycles. The van der Waals surface area contributed by atoms with Crippen LogP contribution in [-0.4, -0.2) is 27.3 Å². The Bertz CT molecular complexity index is 1120. The number of hydrogen-bond acceptors (Lipinski definition) is 5. The maximum Gasteiger partial charge on any atom is 0.205 e. The van der Waals surface area contributed by atoms with Crippen molar-refractivity contribution in [1.82, 2.24) is 0 Å². The van der Waals surface area contributed by atoms with Gasteiger partial charge < -0.3 is 24.8 Å². The highest BCUT2D eigenvalue weighted by Crippen LogP contribution is 2.42. The Hall–Kier alpha value is -3.69. The lowest BCUT2D eigenvalue weighted by atomic mass is 9.80. The van der Waals surface area contributed by atoms with Crippen molar-refractivity contribution in [3.05, 3.63) is 94.2 Å². The fraction of sp³-hybridized carbons (Fsp3) is 0.269. The van der Waals surface area contributed by atoms with Crippen LogP contribution >= 0.6 is 0 Å². The van der Waals surface area contributed by atoms with Crippen molar-refractivity contribution < 1.29 is 19.1 Å². The molecular formula is C26H28N3O3+. The molecule has 2 aliphatic rings. The van der Waals surface area contributed by atoms with E-state index in [1.165, 1.54) is 4.90 Å². The van der Waals surface area contributed by atoms with Crippen LogP contribution in [0, 0.1) is 11.3 Å². The van der Waals surface area contributed by atoms with Crippen molar-refractivity contribution in [2.45, 2.75) is 19.3 Å².